The molecule has 0 heterocycles. The average Bonchev–Trinajstić information content (AvgIpc) is 2.83. The summed E-state index contributed by atoms with van der Waals surface area (Å²) in [7, 11) is -6.84. The molecule has 5 atom stereocenters. The zero-order valence-corrected chi connectivity index (χ0v) is 23.7. The zero-order valence-electron chi connectivity index (χ0n) is 20.8. The topological polar surface area (TPSA) is 105 Å². The number of alkyl halides is 17. The van der Waals surface area contributed by atoms with Crippen LogP contribution in [0.5, 0.6) is 0 Å². The van der Waals surface area contributed by atoms with Crippen LogP contribution in [0.2, 0.25) is 0 Å². The molecule has 0 aromatic carbocycles. The van der Waals surface area contributed by atoms with E-state index in [0.29, 0.717) is 0 Å². The number of phosphoric acid groups is 1. The molecule has 0 aliphatic rings. The van der Waals surface area contributed by atoms with Crippen LogP contribution in [0, 0.1) is 0 Å². The number of aliphatic hydroxyl groups is 1. The molecule has 26 heteroatoms. The van der Waals surface area contributed by atoms with Gasteiger partial charge in [0.2, 0.25) is 6.17 Å². The van der Waals surface area contributed by atoms with Gasteiger partial charge in [-0.05, 0) is 6.92 Å². The summed E-state index contributed by atoms with van der Waals surface area (Å²) in [6, 6.07) is 0. The standard InChI is InChI=1S/C17H16F17O7P.Na/c1-5(2)10(36)39-3-6(35)4-40-42(37,38)41-11(22)13(25,26)15(29,30)17(33,34)16(31,32)14(27,28)12(23,24)8(19)7(18)9(20)21;/h6-9,11,35H,1,3-4H2,2H3,(H,37,38);/q;+1/p-1. The number of aliphatic hydroxyl groups excluding tert-OH is 1. The van der Waals surface area contributed by atoms with E-state index in [2.05, 4.69) is 20.4 Å². The van der Waals surface area contributed by atoms with E-state index in [4.69, 9.17) is 0 Å². The van der Waals surface area contributed by atoms with E-state index in [1.807, 2.05) is 0 Å². The van der Waals surface area contributed by atoms with Crippen molar-refractivity contribution in [3.05, 3.63) is 12.2 Å². The number of carbonyl (C=O) groups is 1. The van der Waals surface area contributed by atoms with Crippen LogP contribution in [-0.2, 0) is 23.1 Å². The third-order valence-corrected chi connectivity index (χ3v) is 5.48. The number of carbonyl (C=O) groups excluding carboxylic acids is 1. The summed E-state index contributed by atoms with van der Waals surface area (Å²) < 4.78 is 249. The van der Waals surface area contributed by atoms with Gasteiger partial charge >= 0.3 is 71.1 Å². The van der Waals surface area contributed by atoms with E-state index >= 15 is 0 Å². The SMILES string of the molecule is C=C(C)C(=O)OCC(O)COP(=O)([O-])OC(F)C(F)(F)C(F)(F)C(F)(F)C(F)(F)C(F)(F)C(F)(F)C(F)C(F)C(F)F.[Na+]. The van der Waals surface area contributed by atoms with E-state index < -0.39 is 93.8 Å². The van der Waals surface area contributed by atoms with E-state index in [1.165, 1.54) is 0 Å². The summed E-state index contributed by atoms with van der Waals surface area (Å²) >= 11 is 0. The first-order valence-corrected chi connectivity index (χ1v) is 11.4. The second kappa shape index (κ2) is 14.7. The minimum Gasteiger partial charge on any atom is -0.756 e. The number of hydrogen-bond acceptors (Lipinski definition) is 7. The minimum absolute atomic E-state index is 0. The van der Waals surface area contributed by atoms with Crippen molar-refractivity contribution in [1.82, 2.24) is 0 Å². The van der Waals surface area contributed by atoms with Crippen molar-refractivity contribution in [2.24, 2.45) is 0 Å². The van der Waals surface area contributed by atoms with Gasteiger partial charge in [-0.1, -0.05) is 6.58 Å². The molecule has 0 aliphatic heterocycles. The molecule has 0 aromatic rings. The van der Waals surface area contributed by atoms with Crippen molar-refractivity contribution < 1.29 is 137 Å². The van der Waals surface area contributed by atoms with Crippen molar-refractivity contribution in [1.29, 1.82) is 0 Å². The van der Waals surface area contributed by atoms with Crippen molar-refractivity contribution in [2.75, 3.05) is 13.2 Å². The smallest absolute Gasteiger partial charge is 0.756 e. The molecule has 0 amide bonds. The molecular formula is C17H15F17NaO7P. The number of esters is 1. The molecule has 43 heavy (non-hydrogen) atoms. The van der Waals surface area contributed by atoms with Gasteiger partial charge in [0.1, 0.15) is 12.7 Å². The molecule has 0 aromatic heterocycles. The van der Waals surface area contributed by atoms with Crippen molar-refractivity contribution in [3.63, 3.8) is 0 Å². The Morgan fingerprint density at radius 3 is 1.58 bits per heavy atom. The van der Waals surface area contributed by atoms with Crippen LogP contribution >= 0.6 is 7.82 Å². The molecule has 0 saturated carbocycles. The minimum atomic E-state index is -8.66. The molecule has 0 radical (unpaired) electrons. The summed E-state index contributed by atoms with van der Waals surface area (Å²) in [4.78, 5) is 22.4. The van der Waals surface area contributed by atoms with Gasteiger partial charge in [-0.25, -0.2) is 26.7 Å². The fourth-order valence-electron chi connectivity index (χ4n) is 2.19. The fraction of sp³-hybridized carbons (Fsp3) is 0.824. The third kappa shape index (κ3) is 8.88. The Kier molecular flexibility index (Phi) is 15.1. The Labute approximate surface area is 250 Å². The van der Waals surface area contributed by atoms with E-state index in [0.717, 1.165) is 6.92 Å². The van der Waals surface area contributed by atoms with Crippen molar-refractivity contribution in [2.45, 2.75) is 73.7 Å². The predicted octanol–water partition coefficient (Wildman–Crippen LogP) is 2.02. The number of rotatable bonds is 17. The quantitative estimate of drug-likeness (QED) is 0.0812. The van der Waals surface area contributed by atoms with Crippen LogP contribution in [0.4, 0.5) is 74.6 Å². The van der Waals surface area contributed by atoms with Gasteiger partial charge in [0.15, 0.2) is 6.17 Å². The fourth-order valence-corrected chi connectivity index (χ4v) is 2.96. The number of ether oxygens (including phenoxy) is 1. The van der Waals surface area contributed by atoms with Gasteiger partial charge in [0.25, 0.3) is 20.6 Å². The molecule has 0 aliphatic carbocycles. The van der Waals surface area contributed by atoms with Gasteiger partial charge in [-0.15, -0.1) is 0 Å². The Hall–Kier alpha value is -0.910. The molecule has 0 fully saturated rings. The molecular weight excluding hydrogens is 693 g/mol. The van der Waals surface area contributed by atoms with E-state index in [-0.39, 0.29) is 35.1 Å². The Morgan fingerprint density at radius 2 is 1.21 bits per heavy atom. The molecule has 0 bridgehead atoms. The van der Waals surface area contributed by atoms with Crippen molar-refractivity contribution in [3.8, 4) is 0 Å². The van der Waals surface area contributed by atoms with Crippen molar-refractivity contribution >= 4 is 13.8 Å². The Balaban J connectivity index is 0. The maximum atomic E-state index is 13.8. The molecule has 7 nitrogen and oxygen atoms in total. The van der Waals surface area contributed by atoms with Crippen LogP contribution in [0.15, 0.2) is 12.2 Å². The third-order valence-electron chi connectivity index (χ3n) is 4.57. The maximum absolute atomic E-state index is 13.8. The van der Waals surface area contributed by atoms with Crippen LogP contribution < -0.4 is 34.5 Å². The first-order chi connectivity index (χ1) is 18.4. The first-order valence-electron chi connectivity index (χ1n) is 9.98. The van der Waals surface area contributed by atoms with Gasteiger partial charge in [0.05, 0.1) is 6.61 Å². The second-order valence-corrected chi connectivity index (χ2v) is 9.28. The monoisotopic (exact) mass is 708 g/mol. The van der Waals surface area contributed by atoms with Gasteiger partial charge in [-0.2, -0.15) is 52.7 Å². The second-order valence-electron chi connectivity index (χ2n) is 7.92. The summed E-state index contributed by atoms with van der Waals surface area (Å²) in [6.45, 7) is 1.19. The van der Waals surface area contributed by atoms with Crippen LogP contribution in [0.3, 0.4) is 0 Å². The van der Waals surface area contributed by atoms with Crippen LogP contribution in [0.1, 0.15) is 6.92 Å². The van der Waals surface area contributed by atoms with Gasteiger partial charge in [0, 0.05) is 5.57 Å². The van der Waals surface area contributed by atoms with Crippen LogP contribution in [-0.4, -0.2) is 91.1 Å². The molecule has 0 spiro atoms. The Bertz CT molecular complexity index is 1020. The van der Waals surface area contributed by atoms with E-state index in [9.17, 15) is 94.0 Å². The molecule has 1 N–H and O–H groups in total. The normalized spacial score (nSPS) is 18.3. The maximum Gasteiger partial charge on any atom is 1.00 e. The Morgan fingerprint density at radius 1 is 0.814 bits per heavy atom. The number of halogens is 17. The first kappa shape index (κ1) is 44.2. The van der Waals surface area contributed by atoms with Crippen LogP contribution in [0.25, 0.3) is 0 Å². The number of phosphoric ester groups is 1. The zero-order chi connectivity index (χ0) is 34.1. The predicted molar refractivity (Wildman–Crippen MR) is 96.8 cm³/mol. The molecule has 5 unspecified atom stereocenters. The molecule has 0 saturated heterocycles. The molecule has 250 valence electrons. The van der Waals surface area contributed by atoms with Gasteiger partial charge in [-0.3, -0.25) is 9.09 Å². The summed E-state index contributed by atoms with van der Waals surface area (Å²) in [5, 5.41) is 9.29. The summed E-state index contributed by atoms with van der Waals surface area (Å²) in [6.07, 6.45) is -24.1. The molecule has 0 rings (SSSR count). The van der Waals surface area contributed by atoms with E-state index in [1.54, 1.807) is 0 Å². The van der Waals surface area contributed by atoms with Gasteiger partial charge < -0.3 is 19.3 Å². The average molecular weight is 708 g/mol. The summed E-state index contributed by atoms with van der Waals surface area (Å²) in [5.74, 6) is -50.8. The number of hydrogen-bond donors (Lipinski definition) is 1. The summed E-state index contributed by atoms with van der Waals surface area (Å²) in [5.41, 5.74) is -0.294. The largest absolute Gasteiger partial charge is 1.00 e.